The molecule has 1 saturated heterocycles. The van der Waals surface area contributed by atoms with Crippen LogP contribution in [0, 0.1) is 23.2 Å². The van der Waals surface area contributed by atoms with E-state index in [4.69, 9.17) is 11.6 Å². The lowest BCUT2D eigenvalue weighted by molar-refractivity contribution is 0.0359. The summed E-state index contributed by atoms with van der Waals surface area (Å²) in [6.45, 7) is 3.51. The number of Topliss-reactive ketones (excluding diaryl/α,β-unsaturated/α-hetero) is 1. The first-order valence-electron chi connectivity index (χ1n) is 9.84. The molecule has 0 radical (unpaired) electrons. The summed E-state index contributed by atoms with van der Waals surface area (Å²) in [6, 6.07) is 5.86. The van der Waals surface area contributed by atoms with Crippen LogP contribution in [0.1, 0.15) is 48.0 Å². The van der Waals surface area contributed by atoms with Gasteiger partial charge in [0.05, 0.1) is 0 Å². The van der Waals surface area contributed by atoms with Crippen molar-refractivity contribution in [3.8, 4) is 0 Å². The van der Waals surface area contributed by atoms with Crippen LogP contribution in [0.15, 0.2) is 30.4 Å². The molecule has 4 unspecified atom stereocenters. The minimum absolute atomic E-state index is 0.0590. The molecule has 0 N–H and O–H groups in total. The molecule has 1 aromatic rings. The molecule has 1 heterocycles. The van der Waals surface area contributed by atoms with Crippen molar-refractivity contribution in [2.45, 2.75) is 37.5 Å². The second-order valence-corrected chi connectivity index (χ2v) is 9.73. The minimum Gasteiger partial charge on any atom is -0.303 e. The summed E-state index contributed by atoms with van der Waals surface area (Å²) in [5.74, 6) is 3.01. The Kier molecular flexibility index (Phi) is 2.86. The van der Waals surface area contributed by atoms with Gasteiger partial charge in [-0.15, -0.1) is 0 Å². The minimum atomic E-state index is 0.0590. The lowest BCUT2D eigenvalue weighted by Gasteiger charge is -2.47. The summed E-state index contributed by atoms with van der Waals surface area (Å²) >= 11 is 6.24. The van der Waals surface area contributed by atoms with E-state index >= 15 is 0 Å². The first kappa shape index (κ1) is 15.0. The summed E-state index contributed by atoms with van der Waals surface area (Å²) in [5, 5.41) is 0.766. The third kappa shape index (κ3) is 1.93. The van der Waals surface area contributed by atoms with Crippen LogP contribution in [0.2, 0.25) is 5.02 Å². The topological polar surface area (TPSA) is 20.3 Å². The van der Waals surface area contributed by atoms with Crippen molar-refractivity contribution >= 4 is 17.4 Å². The fourth-order valence-corrected chi connectivity index (χ4v) is 6.88. The highest BCUT2D eigenvalue weighted by Gasteiger charge is 2.68. The van der Waals surface area contributed by atoms with Crippen LogP contribution >= 0.6 is 11.6 Å². The van der Waals surface area contributed by atoms with Crippen molar-refractivity contribution in [1.82, 2.24) is 4.90 Å². The summed E-state index contributed by atoms with van der Waals surface area (Å²) in [7, 11) is 0. The Morgan fingerprint density at radius 3 is 2.76 bits per heavy atom. The van der Waals surface area contributed by atoms with Gasteiger partial charge in [-0.2, -0.15) is 0 Å². The summed E-state index contributed by atoms with van der Waals surface area (Å²) in [6.07, 6.45) is 10.8. The number of carbonyl (C=O) groups is 1. The molecular formula is C22H24ClNO. The number of hydrogen-bond acceptors (Lipinski definition) is 2. The van der Waals surface area contributed by atoms with Gasteiger partial charge in [-0.1, -0.05) is 23.8 Å². The molecule has 3 fully saturated rings. The third-order valence-corrected chi connectivity index (χ3v) is 8.44. The van der Waals surface area contributed by atoms with Crippen LogP contribution in [0.25, 0.3) is 0 Å². The molecular weight excluding hydrogens is 330 g/mol. The van der Waals surface area contributed by atoms with Gasteiger partial charge in [-0.25, -0.2) is 0 Å². The van der Waals surface area contributed by atoms with Gasteiger partial charge in [0.2, 0.25) is 0 Å². The van der Waals surface area contributed by atoms with E-state index in [0.717, 1.165) is 59.7 Å². The highest BCUT2D eigenvalue weighted by Crippen LogP contribution is 2.75. The number of rotatable bonds is 2. The Morgan fingerprint density at radius 1 is 1.16 bits per heavy atom. The molecule has 3 heteroatoms. The molecule has 0 bridgehead atoms. The number of allylic oxidation sites excluding steroid dienone is 2. The standard InChI is InChI=1S/C22H24ClNO/c23-16-2-3-17-19(9-16)21(12-20(17)25)5-7-24(8-6-21)13-14-10-22-11-15(22)1-4-18(14)22/h1-4,9,14-15,18H,5-8,10-13H2. The number of hydrogen-bond donors (Lipinski definition) is 0. The average Bonchev–Trinajstić information content (AvgIpc) is 3.17. The zero-order valence-electron chi connectivity index (χ0n) is 14.5. The lowest BCUT2D eigenvalue weighted by atomic mass is 9.62. The zero-order chi connectivity index (χ0) is 16.8. The van der Waals surface area contributed by atoms with Crippen molar-refractivity contribution in [1.29, 1.82) is 0 Å². The SMILES string of the molecule is O=C1CC2(CCN(CC3CC45CC4C=CC35)CC2)c2cc(Cl)ccc21. The third-order valence-electron chi connectivity index (χ3n) is 8.20. The van der Waals surface area contributed by atoms with E-state index in [2.05, 4.69) is 23.1 Å². The highest BCUT2D eigenvalue weighted by atomic mass is 35.5. The maximum Gasteiger partial charge on any atom is 0.164 e. The van der Waals surface area contributed by atoms with Gasteiger partial charge in [0.1, 0.15) is 0 Å². The Labute approximate surface area is 154 Å². The number of likely N-dealkylation sites (tertiary alicyclic amines) is 1. The van der Waals surface area contributed by atoms with Crippen LogP contribution in [-0.2, 0) is 5.41 Å². The fourth-order valence-electron chi connectivity index (χ4n) is 6.71. The smallest absolute Gasteiger partial charge is 0.164 e. The quantitative estimate of drug-likeness (QED) is 0.731. The first-order chi connectivity index (χ1) is 12.1. The number of ketones is 1. The number of carbonyl (C=O) groups excluding carboxylic acids is 1. The van der Waals surface area contributed by atoms with E-state index in [1.54, 1.807) is 0 Å². The van der Waals surface area contributed by atoms with E-state index in [1.807, 2.05) is 12.1 Å². The van der Waals surface area contributed by atoms with Crippen LogP contribution in [-0.4, -0.2) is 30.3 Å². The predicted molar refractivity (Wildman–Crippen MR) is 99.0 cm³/mol. The van der Waals surface area contributed by atoms with Crippen LogP contribution in [0.4, 0.5) is 0 Å². The van der Waals surface area contributed by atoms with E-state index in [0.29, 0.717) is 12.2 Å². The summed E-state index contributed by atoms with van der Waals surface area (Å²) in [4.78, 5) is 15.1. The second-order valence-electron chi connectivity index (χ2n) is 9.29. The monoisotopic (exact) mass is 353 g/mol. The van der Waals surface area contributed by atoms with E-state index in [-0.39, 0.29) is 5.41 Å². The summed E-state index contributed by atoms with van der Waals surface area (Å²) < 4.78 is 0. The fraction of sp³-hybridized carbons (Fsp3) is 0.591. The lowest BCUT2D eigenvalue weighted by Crippen LogP contribution is -2.48. The van der Waals surface area contributed by atoms with Gasteiger partial charge < -0.3 is 4.90 Å². The normalized spacial score (nSPS) is 39.9. The number of fused-ring (bicyclic) bond motifs is 2. The molecule has 2 spiro atoms. The van der Waals surface area contributed by atoms with Gasteiger partial charge in [0, 0.05) is 29.0 Å². The van der Waals surface area contributed by atoms with Crippen molar-refractivity contribution in [3.63, 3.8) is 0 Å². The van der Waals surface area contributed by atoms with E-state index in [9.17, 15) is 4.79 Å². The number of benzene rings is 1. The van der Waals surface area contributed by atoms with Crippen LogP contribution < -0.4 is 0 Å². The van der Waals surface area contributed by atoms with Gasteiger partial charge in [0.25, 0.3) is 0 Å². The van der Waals surface area contributed by atoms with Gasteiger partial charge in [-0.05, 0) is 85.7 Å². The molecule has 6 rings (SSSR count). The molecule has 0 amide bonds. The Balaban J connectivity index is 1.16. The molecule has 1 aromatic carbocycles. The van der Waals surface area contributed by atoms with Gasteiger partial charge in [-0.3, -0.25) is 4.79 Å². The molecule has 1 aliphatic heterocycles. The molecule has 130 valence electrons. The van der Waals surface area contributed by atoms with Crippen LogP contribution in [0.5, 0.6) is 0 Å². The Hall–Kier alpha value is -1.12. The van der Waals surface area contributed by atoms with E-state index in [1.165, 1.54) is 24.9 Å². The second kappa shape index (κ2) is 4.78. The first-order valence-corrected chi connectivity index (χ1v) is 10.2. The molecule has 2 saturated carbocycles. The van der Waals surface area contributed by atoms with Crippen molar-refractivity contribution in [2.75, 3.05) is 19.6 Å². The van der Waals surface area contributed by atoms with Crippen LogP contribution in [0.3, 0.4) is 0 Å². The molecule has 2 nitrogen and oxygen atoms in total. The number of halogens is 1. The molecule has 4 atom stereocenters. The molecule has 4 aliphatic carbocycles. The number of piperidine rings is 1. The van der Waals surface area contributed by atoms with Crippen molar-refractivity contribution < 1.29 is 4.79 Å². The largest absolute Gasteiger partial charge is 0.303 e. The van der Waals surface area contributed by atoms with Gasteiger partial charge in [0.15, 0.2) is 5.78 Å². The number of nitrogens with zero attached hydrogens (tertiary/aromatic N) is 1. The van der Waals surface area contributed by atoms with Gasteiger partial charge >= 0.3 is 0 Å². The summed E-state index contributed by atoms with van der Waals surface area (Å²) in [5.41, 5.74) is 2.94. The van der Waals surface area contributed by atoms with Crippen molar-refractivity contribution in [3.05, 3.63) is 46.5 Å². The molecule has 25 heavy (non-hydrogen) atoms. The maximum absolute atomic E-state index is 12.5. The highest BCUT2D eigenvalue weighted by molar-refractivity contribution is 6.30. The Bertz CT molecular complexity index is 806. The maximum atomic E-state index is 12.5. The Morgan fingerprint density at radius 2 is 2.00 bits per heavy atom. The zero-order valence-corrected chi connectivity index (χ0v) is 15.3. The van der Waals surface area contributed by atoms with Crippen molar-refractivity contribution in [2.24, 2.45) is 23.2 Å². The molecule has 5 aliphatic rings. The molecule has 0 aromatic heterocycles. The average molecular weight is 354 g/mol. The van der Waals surface area contributed by atoms with E-state index < -0.39 is 0 Å². The predicted octanol–water partition coefficient (Wildman–Crippen LogP) is 4.47.